The van der Waals surface area contributed by atoms with E-state index in [1.54, 1.807) is 6.07 Å². The second-order valence-corrected chi connectivity index (χ2v) is 8.42. The minimum Gasteiger partial charge on any atom is -0.475 e. The smallest absolute Gasteiger partial charge is 0.371 e. The van der Waals surface area contributed by atoms with E-state index in [-0.39, 0.29) is 30.7 Å². The maximum atomic E-state index is 10.9. The highest BCUT2D eigenvalue weighted by molar-refractivity contribution is 5.84. The Bertz CT molecular complexity index is 624. The first kappa shape index (κ1) is 20.4. The summed E-state index contributed by atoms with van der Waals surface area (Å²) in [6.45, 7) is 7.27. The third-order valence-electron chi connectivity index (χ3n) is 6.52. The number of carbonyl (C=O) groups is 1. The molecule has 1 aliphatic carbocycles. The first-order valence-corrected chi connectivity index (χ1v) is 10.1. The molecule has 3 rings (SSSR count). The fourth-order valence-corrected chi connectivity index (χ4v) is 4.95. The van der Waals surface area contributed by atoms with Gasteiger partial charge in [-0.1, -0.05) is 20.3 Å². The summed E-state index contributed by atoms with van der Waals surface area (Å²) in [5, 5.41) is 18.6. The van der Waals surface area contributed by atoms with E-state index in [4.69, 9.17) is 19.0 Å². The number of carboxylic acid groups (broad SMARTS) is 1. The first-order chi connectivity index (χ1) is 12.9. The first-order valence-electron chi connectivity index (χ1n) is 10.1. The van der Waals surface area contributed by atoms with Crippen molar-refractivity contribution < 1.29 is 28.9 Å². The Hall–Kier alpha value is -1.37. The van der Waals surface area contributed by atoms with Crippen molar-refractivity contribution in [2.75, 3.05) is 6.61 Å². The van der Waals surface area contributed by atoms with E-state index >= 15 is 0 Å². The highest BCUT2D eigenvalue weighted by atomic mass is 16.7. The van der Waals surface area contributed by atoms with Gasteiger partial charge in [0, 0.05) is 5.92 Å². The standard InChI is InChI=1S/C21H32O6/c1-12-4-7-17-14(3)21(25-10-15-6-9-19(27-15)20(23)24)26-11-18(17)16(12)8-5-13(2)22/h6,9,12-14,16-18,21-22H,4-5,7-8,10-11H2,1-3H3,(H,23,24)/t12-,13?,14-,16+,17+,18?,21-/m1/s1. The highest BCUT2D eigenvalue weighted by Crippen LogP contribution is 2.48. The molecule has 1 saturated heterocycles. The van der Waals surface area contributed by atoms with Crippen LogP contribution in [0.3, 0.4) is 0 Å². The topological polar surface area (TPSA) is 89.1 Å². The molecule has 1 aromatic rings. The number of hydrogen-bond donors (Lipinski definition) is 2. The van der Waals surface area contributed by atoms with Gasteiger partial charge in [0.05, 0.1) is 12.7 Å². The zero-order valence-corrected chi connectivity index (χ0v) is 16.5. The van der Waals surface area contributed by atoms with Crippen LogP contribution in [0.5, 0.6) is 0 Å². The average Bonchev–Trinajstić information content (AvgIpc) is 3.09. The third kappa shape index (κ3) is 4.73. The third-order valence-corrected chi connectivity index (χ3v) is 6.52. The van der Waals surface area contributed by atoms with Crippen LogP contribution in [-0.2, 0) is 16.1 Å². The fraction of sp³-hybridized carbons (Fsp3) is 0.762. The number of hydrogen-bond acceptors (Lipinski definition) is 5. The summed E-state index contributed by atoms with van der Waals surface area (Å²) in [7, 11) is 0. The van der Waals surface area contributed by atoms with Crippen LogP contribution in [0.15, 0.2) is 16.5 Å². The van der Waals surface area contributed by atoms with Crippen LogP contribution in [0, 0.1) is 29.6 Å². The molecular weight excluding hydrogens is 348 g/mol. The number of fused-ring (bicyclic) bond motifs is 1. The minimum atomic E-state index is -1.08. The van der Waals surface area contributed by atoms with Crippen LogP contribution in [0.4, 0.5) is 0 Å². The van der Waals surface area contributed by atoms with E-state index in [0.29, 0.717) is 36.0 Å². The summed E-state index contributed by atoms with van der Waals surface area (Å²) >= 11 is 0. The summed E-state index contributed by atoms with van der Waals surface area (Å²) in [5.41, 5.74) is 0. The van der Waals surface area contributed by atoms with Crippen molar-refractivity contribution in [1.82, 2.24) is 0 Å². The molecule has 2 fully saturated rings. The van der Waals surface area contributed by atoms with E-state index < -0.39 is 5.97 Å². The molecule has 1 aliphatic heterocycles. The molecule has 27 heavy (non-hydrogen) atoms. The van der Waals surface area contributed by atoms with E-state index in [9.17, 15) is 9.90 Å². The Morgan fingerprint density at radius 2 is 2.07 bits per heavy atom. The summed E-state index contributed by atoms with van der Waals surface area (Å²) in [6, 6.07) is 3.08. The predicted octanol–water partition coefficient (Wildman–Crippen LogP) is 3.93. The van der Waals surface area contributed by atoms with Crippen molar-refractivity contribution in [2.45, 2.75) is 65.5 Å². The van der Waals surface area contributed by atoms with Crippen LogP contribution < -0.4 is 0 Å². The van der Waals surface area contributed by atoms with Gasteiger partial charge in [-0.3, -0.25) is 0 Å². The number of aromatic carboxylic acids is 1. The van der Waals surface area contributed by atoms with Gasteiger partial charge in [0.25, 0.3) is 0 Å². The van der Waals surface area contributed by atoms with Gasteiger partial charge in [0.15, 0.2) is 6.29 Å². The van der Waals surface area contributed by atoms with Crippen molar-refractivity contribution in [1.29, 1.82) is 0 Å². The number of aliphatic hydroxyl groups excluding tert-OH is 1. The monoisotopic (exact) mass is 380 g/mol. The number of carboxylic acids is 1. The molecule has 2 aliphatic rings. The second-order valence-electron chi connectivity index (χ2n) is 8.42. The van der Waals surface area contributed by atoms with Crippen LogP contribution in [-0.4, -0.2) is 35.2 Å². The van der Waals surface area contributed by atoms with Crippen molar-refractivity contribution in [3.05, 3.63) is 23.7 Å². The lowest BCUT2D eigenvalue weighted by molar-refractivity contribution is -0.241. The van der Waals surface area contributed by atoms with Gasteiger partial charge < -0.3 is 24.1 Å². The van der Waals surface area contributed by atoms with Gasteiger partial charge in [-0.05, 0) is 62.0 Å². The number of furan rings is 1. The lowest BCUT2D eigenvalue weighted by Gasteiger charge is -2.49. The van der Waals surface area contributed by atoms with Gasteiger partial charge in [-0.15, -0.1) is 0 Å². The lowest BCUT2D eigenvalue weighted by Crippen LogP contribution is -2.48. The van der Waals surface area contributed by atoms with Crippen LogP contribution >= 0.6 is 0 Å². The maximum Gasteiger partial charge on any atom is 0.371 e. The largest absolute Gasteiger partial charge is 0.475 e. The highest BCUT2D eigenvalue weighted by Gasteiger charge is 2.45. The molecule has 152 valence electrons. The van der Waals surface area contributed by atoms with Crippen molar-refractivity contribution in [2.24, 2.45) is 29.6 Å². The summed E-state index contributed by atoms with van der Waals surface area (Å²) in [6.07, 6.45) is 3.74. The quantitative estimate of drug-likeness (QED) is 0.745. The molecule has 1 aromatic heterocycles. The van der Waals surface area contributed by atoms with E-state index in [1.165, 1.54) is 18.9 Å². The van der Waals surface area contributed by atoms with Crippen LogP contribution in [0.1, 0.15) is 62.8 Å². The minimum absolute atomic E-state index is 0.0755. The van der Waals surface area contributed by atoms with Gasteiger partial charge in [0.1, 0.15) is 12.4 Å². The molecule has 6 nitrogen and oxygen atoms in total. The fourth-order valence-electron chi connectivity index (χ4n) is 4.95. The summed E-state index contributed by atoms with van der Waals surface area (Å²) in [4.78, 5) is 10.9. The Morgan fingerprint density at radius 3 is 2.74 bits per heavy atom. The zero-order chi connectivity index (χ0) is 19.6. The Morgan fingerprint density at radius 1 is 1.30 bits per heavy atom. The SMILES string of the molecule is CC(O)CC[C@@H]1C2CO[C@@H](OCc3ccc(C(=O)O)o3)[C@H](C)[C@@H]2CC[C@H]1C. The zero-order valence-electron chi connectivity index (χ0n) is 16.5. The van der Waals surface area contributed by atoms with E-state index in [0.717, 1.165) is 12.8 Å². The van der Waals surface area contributed by atoms with E-state index in [2.05, 4.69) is 13.8 Å². The molecule has 0 bridgehead atoms. The van der Waals surface area contributed by atoms with Crippen molar-refractivity contribution in [3.8, 4) is 0 Å². The normalized spacial score (nSPS) is 34.8. The molecule has 1 saturated carbocycles. The summed E-state index contributed by atoms with van der Waals surface area (Å²) in [5.74, 6) is 1.95. The maximum absolute atomic E-state index is 10.9. The predicted molar refractivity (Wildman–Crippen MR) is 99.1 cm³/mol. The molecule has 7 atom stereocenters. The number of rotatable bonds is 7. The van der Waals surface area contributed by atoms with Gasteiger partial charge in [-0.25, -0.2) is 4.79 Å². The average molecular weight is 380 g/mol. The molecule has 0 aromatic carbocycles. The molecule has 0 radical (unpaired) electrons. The van der Waals surface area contributed by atoms with Crippen molar-refractivity contribution >= 4 is 5.97 Å². The molecule has 6 heteroatoms. The van der Waals surface area contributed by atoms with Gasteiger partial charge in [0.2, 0.25) is 5.76 Å². The molecule has 0 spiro atoms. The van der Waals surface area contributed by atoms with E-state index in [1.807, 2.05) is 6.92 Å². The van der Waals surface area contributed by atoms with Crippen molar-refractivity contribution in [3.63, 3.8) is 0 Å². The van der Waals surface area contributed by atoms with Crippen LogP contribution in [0.25, 0.3) is 0 Å². The molecule has 0 amide bonds. The molecule has 2 N–H and O–H groups in total. The molecule has 2 unspecified atom stereocenters. The van der Waals surface area contributed by atoms with Crippen LogP contribution in [0.2, 0.25) is 0 Å². The molecular formula is C21H32O6. The number of aliphatic hydroxyl groups is 1. The number of ether oxygens (including phenoxy) is 2. The van der Waals surface area contributed by atoms with Gasteiger partial charge >= 0.3 is 5.97 Å². The Kier molecular flexibility index (Phi) is 6.61. The lowest BCUT2D eigenvalue weighted by atomic mass is 9.61. The summed E-state index contributed by atoms with van der Waals surface area (Å²) < 4.78 is 17.3. The Labute approximate surface area is 160 Å². The molecule has 2 heterocycles. The Balaban J connectivity index is 1.58. The van der Waals surface area contributed by atoms with Gasteiger partial charge in [-0.2, -0.15) is 0 Å². The second kappa shape index (κ2) is 8.76.